The summed E-state index contributed by atoms with van der Waals surface area (Å²) in [5, 5.41) is 3.02. The smallest absolute Gasteiger partial charge is 0.433 e. The van der Waals surface area contributed by atoms with E-state index >= 15 is 0 Å². The molecule has 0 saturated carbocycles. The molecule has 40 heavy (non-hydrogen) atoms. The van der Waals surface area contributed by atoms with Crippen molar-refractivity contribution in [2.75, 3.05) is 18.5 Å². The van der Waals surface area contributed by atoms with Crippen molar-refractivity contribution in [3.8, 4) is 16.9 Å². The van der Waals surface area contributed by atoms with Gasteiger partial charge in [0, 0.05) is 61.1 Å². The third kappa shape index (κ3) is 4.46. The third-order valence-electron chi connectivity index (χ3n) is 6.82. The van der Waals surface area contributed by atoms with Crippen molar-refractivity contribution in [2.24, 2.45) is 0 Å². The molecular formula is C26H20F6N6O2. The molecule has 5 heterocycles. The Kier molecular flexibility index (Phi) is 5.89. The normalized spacial score (nSPS) is 15.0. The molecule has 0 saturated heterocycles. The van der Waals surface area contributed by atoms with Crippen molar-refractivity contribution in [1.29, 1.82) is 0 Å². The first-order valence-electron chi connectivity index (χ1n) is 12.2. The van der Waals surface area contributed by atoms with E-state index in [1.807, 2.05) is 0 Å². The first kappa shape index (κ1) is 25.9. The number of nitrogens with one attached hydrogen (secondary N) is 1. The molecule has 2 aliphatic rings. The van der Waals surface area contributed by atoms with Gasteiger partial charge in [-0.1, -0.05) is 0 Å². The Hall–Kier alpha value is -4.36. The summed E-state index contributed by atoms with van der Waals surface area (Å²) in [4.78, 5) is 26.3. The molecule has 0 aliphatic carbocycles. The predicted molar refractivity (Wildman–Crippen MR) is 130 cm³/mol. The highest BCUT2D eigenvalue weighted by molar-refractivity contribution is 6.04. The maximum Gasteiger partial charge on any atom is 0.433 e. The van der Waals surface area contributed by atoms with E-state index in [0.29, 0.717) is 36.8 Å². The van der Waals surface area contributed by atoms with Gasteiger partial charge in [-0.05, 0) is 23.8 Å². The maximum atomic E-state index is 14.7. The lowest BCUT2D eigenvalue weighted by Gasteiger charge is -2.28. The van der Waals surface area contributed by atoms with Crippen molar-refractivity contribution in [2.45, 2.75) is 38.5 Å². The number of carbonyl (C=O) groups excluding carboxylic acids is 1. The second-order valence-electron chi connectivity index (χ2n) is 9.72. The van der Waals surface area contributed by atoms with Gasteiger partial charge in [-0.15, -0.1) is 0 Å². The van der Waals surface area contributed by atoms with Gasteiger partial charge in [0.25, 0.3) is 11.8 Å². The molecule has 2 aliphatic heterocycles. The fourth-order valence-corrected chi connectivity index (χ4v) is 5.09. The minimum absolute atomic E-state index is 0.00252. The van der Waals surface area contributed by atoms with Crippen molar-refractivity contribution >= 4 is 17.4 Å². The lowest BCUT2D eigenvalue weighted by Crippen LogP contribution is -2.40. The van der Waals surface area contributed by atoms with Crippen LogP contribution in [0.4, 0.5) is 32.3 Å². The SMILES string of the molecule is CC(F)(F)CN1Cc2cc(C(F)(F)F)ncc2-c2cnc(NCc3c(F)ccc4c3CCO4)n3cnc(c23)C1=O. The quantitative estimate of drug-likeness (QED) is 0.341. The number of rotatable bonds is 5. The zero-order valence-corrected chi connectivity index (χ0v) is 20.8. The standard InChI is InChI=1S/C26H20F6N6O2/c1-25(28,29)11-37-10-13-6-20(26(30,31)32)33-7-15(13)17-9-35-24(38-12-36-21(22(17)38)23(37)39)34-8-16-14-4-5-40-19(14)3-2-18(16)27/h2-3,6-7,9,12H,4-5,8,10-11H2,1H3,(H,34,35). The molecule has 1 aromatic carbocycles. The Bertz CT molecular complexity index is 1660. The fraction of sp³-hybridized carbons (Fsp3) is 0.308. The first-order valence-corrected chi connectivity index (χ1v) is 12.2. The number of halogens is 6. The number of hydrogen-bond acceptors (Lipinski definition) is 6. The van der Waals surface area contributed by atoms with E-state index in [-0.39, 0.29) is 40.4 Å². The lowest BCUT2D eigenvalue weighted by molar-refractivity contribution is -0.141. The highest BCUT2D eigenvalue weighted by Gasteiger charge is 2.37. The first-order chi connectivity index (χ1) is 18.9. The van der Waals surface area contributed by atoms with Gasteiger partial charge in [-0.3, -0.25) is 14.2 Å². The van der Waals surface area contributed by atoms with Crippen molar-refractivity contribution in [3.05, 3.63) is 70.8 Å². The summed E-state index contributed by atoms with van der Waals surface area (Å²) in [5.74, 6) is -3.93. The van der Waals surface area contributed by atoms with Gasteiger partial charge < -0.3 is 15.0 Å². The summed E-state index contributed by atoms with van der Waals surface area (Å²) in [6.07, 6.45) is -0.692. The van der Waals surface area contributed by atoms with E-state index in [2.05, 4.69) is 20.3 Å². The van der Waals surface area contributed by atoms with E-state index in [9.17, 15) is 31.1 Å². The zero-order chi connectivity index (χ0) is 28.4. The molecular weight excluding hydrogens is 542 g/mol. The molecule has 208 valence electrons. The highest BCUT2D eigenvalue weighted by Crippen LogP contribution is 2.38. The van der Waals surface area contributed by atoms with Crippen LogP contribution in [0, 0.1) is 5.82 Å². The highest BCUT2D eigenvalue weighted by atomic mass is 19.4. The number of nitrogens with zero attached hydrogens (tertiary/aromatic N) is 5. The summed E-state index contributed by atoms with van der Waals surface area (Å²) in [6, 6.07) is 3.60. The van der Waals surface area contributed by atoms with Gasteiger partial charge in [0.2, 0.25) is 5.95 Å². The van der Waals surface area contributed by atoms with Crippen molar-refractivity contribution in [3.63, 3.8) is 0 Å². The molecule has 4 aromatic rings. The summed E-state index contributed by atoms with van der Waals surface area (Å²) in [6.45, 7) is -0.530. The van der Waals surface area contributed by atoms with E-state index in [1.165, 1.54) is 23.0 Å². The number of aromatic nitrogens is 4. The molecule has 1 amide bonds. The Morgan fingerprint density at radius 1 is 1.07 bits per heavy atom. The summed E-state index contributed by atoms with van der Waals surface area (Å²) >= 11 is 0. The van der Waals surface area contributed by atoms with E-state index in [1.54, 1.807) is 6.07 Å². The van der Waals surface area contributed by atoms with E-state index in [4.69, 9.17) is 4.74 Å². The number of amides is 1. The summed E-state index contributed by atoms with van der Waals surface area (Å²) < 4.78 is 90.0. The van der Waals surface area contributed by atoms with E-state index in [0.717, 1.165) is 17.2 Å². The van der Waals surface area contributed by atoms with Crippen molar-refractivity contribution in [1.82, 2.24) is 24.3 Å². The van der Waals surface area contributed by atoms with Crippen LogP contribution in [0.5, 0.6) is 5.75 Å². The number of fused-ring (bicyclic) bond motifs is 3. The second-order valence-corrected chi connectivity index (χ2v) is 9.72. The molecule has 1 N–H and O–H groups in total. The van der Waals surface area contributed by atoms with Gasteiger partial charge in [0.15, 0.2) is 5.69 Å². The van der Waals surface area contributed by atoms with Gasteiger partial charge in [-0.2, -0.15) is 13.2 Å². The number of carbonyl (C=O) groups is 1. The number of anilines is 1. The lowest BCUT2D eigenvalue weighted by atomic mass is 9.98. The number of benzene rings is 1. The third-order valence-corrected chi connectivity index (χ3v) is 6.82. The molecule has 0 radical (unpaired) electrons. The van der Waals surface area contributed by atoms with Crippen LogP contribution in [0.15, 0.2) is 36.9 Å². The largest absolute Gasteiger partial charge is 0.493 e. The Morgan fingerprint density at radius 2 is 1.85 bits per heavy atom. The number of ether oxygens (including phenoxy) is 1. The van der Waals surface area contributed by atoms with Crippen LogP contribution in [0.25, 0.3) is 16.6 Å². The predicted octanol–water partition coefficient (Wildman–Crippen LogP) is 5.11. The number of hydrogen-bond donors (Lipinski definition) is 1. The monoisotopic (exact) mass is 562 g/mol. The summed E-state index contributed by atoms with van der Waals surface area (Å²) in [5.41, 5.74) is 0.209. The Morgan fingerprint density at radius 3 is 2.60 bits per heavy atom. The topological polar surface area (TPSA) is 84.7 Å². The number of imidazole rings is 1. The van der Waals surface area contributed by atoms with Crippen LogP contribution in [0.1, 0.15) is 39.8 Å². The van der Waals surface area contributed by atoms with Crippen LogP contribution < -0.4 is 10.1 Å². The number of alkyl halides is 5. The zero-order valence-electron chi connectivity index (χ0n) is 20.8. The van der Waals surface area contributed by atoms with Crippen LogP contribution in [-0.4, -0.2) is 49.2 Å². The molecule has 14 heteroatoms. The molecule has 0 bridgehead atoms. The van der Waals surface area contributed by atoms with Gasteiger partial charge >= 0.3 is 6.18 Å². The molecule has 8 nitrogen and oxygen atoms in total. The Labute approximate surface area is 222 Å². The average Bonchev–Trinajstić information content (AvgIpc) is 3.53. The van der Waals surface area contributed by atoms with Gasteiger partial charge in [0.05, 0.1) is 18.7 Å². The average molecular weight is 562 g/mol. The summed E-state index contributed by atoms with van der Waals surface area (Å²) in [7, 11) is 0. The Balaban J connectivity index is 1.48. The van der Waals surface area contributed by atoms with Crippen LogP contribution in [-0.2, 0) is 25.7 Å². The molecule has 0 fully saturated rings. The molecule has 0 unspecified atom stereocenters. The minimum atomic E-state index is -4.79. The van der Waals surface area contributed by atoms with Crippen molar-refractivity contribution < 1.29 is 35.9 Å². The number of pyridine rings is 1. The second kappa shape index (κ2) is 9.10. The molecule has 3 aromatic heterocycles. The van der Waals surface area contributed by atoms with E-state index < -0.39 is 42.6 Å². The minimum Gasteiger partial charge on any atom is -0.493 e. The molecule has 0 spiro atoms. The van der Waals surface area contributed by atoms with Crippen LogP contribution in [0.2, 0.25) is 0 Å². The van der Waals surface area contributed by atoms with Crippen LogP contribution in [0.3, 0.4) is 0 Å². The van der Waals surface area contributed by atoms with Gasteiger partial charge in [0.1, 0.15) is 23.6 Å². The fourth-order valence-electron chi connectivity index (χ4n) is 5.09. The molecule has 6 rings (SSSR count). The molecule has 0 atom stereocenters. The maximum absolute atomic E-state index is 14.7. The van der Waals surface area contributed by atoms with Gasteiger partial charge in [-0.25, -0.2) is 23.1 Å². The van der Waals surface area contributed by atoms with Crippen LogP contribution >= 0.6 is 0 Å².